The van der Waals surface area contributed by atoms with Gasteiger partial charge in [-0.1, -0.05) is 49.2 Å². The minimum absolute atomic E-state index is 0.171. The average Bonchev–Trinajstić information content (AvgIpc) is 2.88. The molecule has 0 bridgehead atoms. The summed E-state index contributed by atoms with van der Waals surface area (Å²) in [6.45, 7) is 4.12. The number of carbonyl (C=O) groups excluding carboxylic acids is 2. The number of nitrogens with zero attached hydrogens (tertiary/aromatic N) is 1. The number of nitrogens with one attached hydrogen (secondary N) is 1. The van der Waals surface area contributed by atoms with Gasteiger partial charge in [0.25, 0.3) is 5.91 Å². The molecule has 0 aliphatic heterocycles. The fourth-order valence-electron chi connectivity index (χ4n) is 3.15. The van der Waals surface area contributed by atoms with Crippen molar-refractivity contribution in [1.82, 2.24) is 5.43 Å². The molecule has 0 aliphatic carbocycles. The number of benzene rings is 3. The molecule has 0 heterocycles. The van der Waals surface area contributed by atoms with Crippen molar-refractivity contribution >= 4 is 41.3 Å². The van der Waals surface area contributed by atoms with Crippen LogP contribution in [-0.4, -0.2) is 31.8 Å². The smallest absolute Gasteiger partial charge is 0.345 e. The molecule has 9 heteroatoms. The first-order valence-corrected chi connectivity index (χ1v) is 12.0. The molecule has 1 unspecified atom stereocenters. The highest BCUT2D eigenvalue weighted by atomic mass is 35.5. The van der Waals surface area contributed by atoms with Crippen LogP contribution in [0.3, 0.4) is 0 Å². The molecule has 3 aromatic carbocycles. The third-order valence-electron chi connectivity index (χ3n) is 5.38. The van der Waals surface area contributed by atoms with Crippen LogP contribution in [0.15, 0.2) is 65.8 Å². The van der Waals surface area contributed by atoms with Crippen LogP contribution in [0.25, 0.3) is 0 Å². The predicted octanol–water partition coefficient (Wildman–Crippen LogP) is 6.26. The molecule has 3 aromatic rings. The third-order valence-corrected chi connectivity index (χ3v) is 5.92. The van der Waals surface area contributed by atoms with Crippen LogP contribution in [0.5, 0.6) is 17.2 Å². The zero-order chi connectivity index (χ0) is 26.1. The summed E-state index contributed by atoms with van der Waals surface area (Å²) < 4.78 is 16.2. The number of carbonyl (C=O) groups is 2. The zero-order valence-electron chi connectivity index (χ0n) is 20.1. The molecule has 0 radical (unpaired) electrons. The van der Waals surface area contributed by atoms with Gasteiger partial charge in [-0.3, -0.25) is 4.79 Å². The molecule has 0 spiro atoms. The van der Waals surface area contributed by atoms with E-state index in [0.29, 0.717) is 28.0 Å². The normalized spacial score (nSPS) is 11.7. The maximum Gasteiger partial charge on any atom is 0.345 e. The molecule has 1 N–H and O–H groups in total. The van der Waals surface area contributed by atoms with E-state index in [1.54, 1.807) is 24.3 Å². The molecule has 0 saturated heterocycles. The first kappa shape index (κ1) is 27.0. The summed E-state index contributed by atoms with van der Waals surface area (Å²) >= 11 is 11.9. The quantitative estimate of drug-likeness (QED) is 0.145. The van der Waals surface area contributed by atoms with E-state index in [1.807, 2.05) is 24.3 Å². The number of esters is 1. The van der Waals surface area contributed by atoms with E-state index in [0.717, 1.165) is 6.42 Å². The van der Waals surface area contributed by atoms with Crippen molar-refractivity contribution in [2.24, 2.45) is 5.10 Å². The lowest BCUT2D eigenvalue weighted by Crippen LogP contribution is -2.24. The van der Waals surface area contributed by atoms with Crippen molar-refractivity contribution in [2.75, 3.05) is 13.7 Å². The fourth-order valence-corrected chi connectivity index (χ4v) is 3.63. The zero-order valence-corrected chi connectivity index (χ0v) is 21.6. The Hall–Kier alpha value is -3.55. The number of amides is 1. The largest absolute Gasteiger partial charge is 0.493 e. The monoisotopic (exact) mass is 528 g/mol. The van der Waals surface area contributed by atoms with Crippen LogP contribution in [0.4, 0.5) is 0 Å². The number of hydrazone groups is 1. The SMILES string of the molecule is CCC(C)c1ccc(OCC(=O)NN=Cc2ccc(OC(=O)c3ccc(Cl)cc3Cl)c(OC)c2)cc1. The highest BCUT2D eigenvalue weighted by Crippen LogP contribution is 2.30. The molecular weight excluding hydrogens is 503 g/mol. The number of hydrogen-bond acceptors (Lipinski definition) is 6. The van der Waals surface area contributed by atoms with E-state index < -0.39 is 11.9 Å². The Kier molecular flexibility index (Phi) is 9.73. The van der Waals surface area contributed by atoms with E-state index >= 15 is 0 Å². The van der Waals surface area contributed by atoms with Gasteiger partial charge < -0.3 is 14.2 Å². The summed E-state index contributed by atoms with van der Waals surface area (Å²) in [7, 11) is 1.44. The highest BCUT2D eigenvalue weighted by molar-refractivity contribution is 6.36. The van der Waals surface area contributed by atoms with Crippen molar-refractivity contribution in [1.29, 1.82) is 0 Å². The Balaban J connectivity index is 1.54. The summed E-state index contributed by atoms with van der Waals surface area (Å²) in [4.78, 5) is 24.5. The number of ether oxygens (including phenoxy) is 3. The Morgan fingerprint density at radius 3 is 2.44 bits per heavy atom. The maximum atomic E-state index is 12.5. The van der Waals surface area contributed by atoms with Crippen molar-refractivity contribution in [3.05, 3.63) is 87.4 Å². The van der Waals surface area contributed by atoms with Crippen LogP contribution in [-0.2, 0) is 4.79 Å². The minimum Gasteiger partial charge on any atom is -0.493 e. The van der Waals surface area contributed by atoms with E-state index in [-0.39, 0.29) is 22.9 Å². The first-order chi connectivity index (χ1) is 17.3. The molecule has 1 amide bonds. The van der Waals surface area contributed by atoms with Gasteiger partial charge in [-0.25, -0.2) is 10.2 Å². The summed E-state index contributed by atoms with van der Waals surface area (Å²) in [5.74, 6) is 0.512. The summed E-state index contributed by atoms with van der Waals surface area (Å²) in [5, 5.41) is 4.53. The molecular formula is C27H26Cl2N2O5. The van der Waals surface area contributed by atoms with Gasteiger partial charge in [-0.05, 0) is 72.0 Å². The molecule has 0 saturated carbocycles. The summed E-state index contributed by atoms with van der Waals surface area (Å²) in [6.07, 6.45) is 2.49. The van der Waals surface area contributed by atoms with Gasteiger partial charge in [0.1, 0.15) is 5.75 Å². The highest BCUT2D eigenvalue weighted by Gasteiger charge is 2.16. The van der Waals surface area contributed by atoms with Crippen LogP contribution in [0.2, 0.25) is 10.0 Å². The van der Waals surface area contributed by atoms with Gasteiger partial charge in [-0.15, -0.1) is 0 Å². The Bertz CT molecular complexity index is 1250. The number of hydrogen-bond donors (Lipinski definition) is 1. The average molecular weight is 529 g/mol. The van der Waals surface area contributed by atoms with Crippen molar-refractivity contribution in [3.8, 4) is 17.2 Å². The van der Waals surface area contributed by atoms with E-state index in [4.69, 9.17) is 37.4 Å². The van der Waals surface area contributed by atoms with Crippen LogP contribution in [0, 0.1) is 0 Å². The van der Waals surface area contributed by atoms with Gasteiger partial charge in [0.2, 0.25) is 0 Å². The lowest BCUT2D eigenvalue weighted by molar-refractivity contribution is -0.123. The van der Waals surface area contributed by atoms with Gasteiger partial charge in [0.05, 0.1) is 23.9 Å². The second-order valence-electron chi connectivity index (χ2n) is 7.88. The Morgan fingerprint density at radius 2 is 1.78 bits per heavy atom. The Labute approximate surface area is 220 Å². The van der Waals surface area contributed by atoms with Crippen molar-refractivity contribution in [2.45, 2.75) is 26.2 Å². The first-order valence-electron chi connectivity index (χ1n) is 11.2. The molecule has 1 atom stereocenters. The lowest BCUT2D eigenvalue weighted by Gasteiger charge is -2.11. The van der Waals surface area contributed by atoms with Crippen LogP contribution < -0.4 is 19.6 Å². The van der Waals surface area contributed by atoms with Crippen LogP contribution >= 0.6 is 23.2 Å². The molecule has 3 rings (SSSR count). The molecule has 188 valence electrons. The van der Waals surface area contributed by atoms with Gasteiger partial charge in [-0.2, -0.15) is 5.10 Å². The molecule has 0 aromatic heterocycles. The van der Waals surface area contributed by atoms with Gasteiger partial charge >= 0.3 is 5.97 Å². The standard InChI is InChI=1S/C27H26Cl2N2O5/c1-4-17(2)19-6-9-21(10-7-19)35-16-26(32)31-30-15-18-5-12-24(25(13-18)34-3)36-27(33)22-11-8-20(28)14-23(22)29/h5-15,17H,4,16H2,1-3H3,(H,31,32). The molecule has 0 fully saturated rings. The molecule has 36 heavy (non-hydrogen) atoms. The molecule has 0 aliphatic rings. The predicted molar refractivity (Wildman–Crippen MR) is 141 cm³/mol. The number of rotatable bonds is 10. The third kappa shape index (κ3) is 7.47. The van der Waals surface area contributed by atoms with Crippen molar-refractivity contribution in [3.63, 3.8) is 0 Å². The topological polar surface area (TPSA) is 86.2 Å². The fraction of sp³-hybridized carbons (Fsp3) is 0.222. The van der Waals surface area contributed by atoms with Gasteiger partial charge in [0, 0.05) is 5.02 Å². The number of halogens is 2. The van der Waals surface area contributed by atoms with E-state index in [9.17, 15) is 9.59 Å². The second kappa shape index (κ2) is 13.0. The van der Waals surface area contributed by atoms with Gasteiger partial charge in [0.15, 0.2) is 18.1 Å². The maximum absolute atomic E-state index is 12.5. The van der Waals surface area contributed by atoms with Crippen molar-refractivity contribution < 1.29 is 23.8 Å². The van der Waals surface area contributed by atoms with E-state index in [1.165, 1.54) is 31.0 Å². The van der Waals surface area contributed by atoms with E-state index in [2.05, 4.69) is 24.4 Å². The minimum atomic E-state index is -0.654. The summed E-state index contributed by atoms with van der Waals surface area (Å²) in [6, 6.07) is 17.0. The summed E-state index contributed by atoms with van der Waals surface area (Å²) in [5.41, 5.74) is 4.42. The Morgan fingerprint density at radius 1 is 1.03 bits per heavy atom. The lowest BCUT2D eigenvalue weighted by atomic mass is 9.99. The second-order valence-corrected chi connectivity index (χ2v) is 8.73. The number of methoxy groups -OCH3 is 1. The van der Waals surface area contributed by atoms with Crippen LogP contribution in [0.1, 0.15) is 47.7 Å². The molecule has 7 nitrogen and oxygen atoms in total.